The Morgan fingerprint density at radius 3 is 2.72 bits per heavy atom. The highest BCUT2D eigenvalue weighted by Crippen LogP contribution is 2.28. The molecule has 0 spiro atoms. The third kappa shape index (κ3) is 4.02. The first-order valence-electron chi connectivity index (χ1n) is 7.04. The fourth-order valence-electron chi connectivity index (χ4n) is 2.18. The molecule has 0 aromatic carbocycles. The maximum absolute atomic E-state index is 5.42. The van der Waals surface area contributed by atoms with Gasteiger partial charge in [0.1, 0.15) is 0 Å². The highest BCUT2D eigenvalue weighted by Gasteiger charge is 2.17. The van der Waals surface area contributed by atoms with E-state index in [9.17, 15) is 0 Å². The van der Waals surface area contributed by atoms with Gasteiger partial charge in [-0.05, 0) is 32.4 Å². The van der Waals surface area contributed by atoms with Crippen molar-refractivity contribution in [3.63, 3.8) is 0 Å². The number of hydrogen-bond donors (Lipinski definition) is 1. The van der Waals surface area contributed by atoms with Gasteiger partial charge in [-0.25, -0.2) is 0 Å². The van der Waals surface area contributed by atoms with Crippen molar-refractivity contribution in [2.75, 3.05) is 20.2 Å². The molecule has 1 atom stereocenters. The fraction of sp³-hybridized carbons (Fsp3) is 0.786. The Kier molecular flexibility index (Phi) is 6.80. The van der Waals surface area contributed by atoms with E-state index in [4.69, 9.17) is 4.74 Å². The van der Waals surface area contributed by atoms with E-state index in [1.165, 1.54) is 12.1 Å². The van der Waals surface area contributed by atoms with Crippen LogP contribution in [0.1, 0.15) is 51.6 Å². The van der Waals surface area contributed by atoms with Crippen molar-refractivity contribution in [2.24, 2.45) is 0 Å². The summed E-state index contributed by atoms with van der Waals surface area (Å²) in [6.45, 7) is 9.72. The molecule has 1 aromatic heterocycles. The number of aryl methyl sites for hydroxylation is 1. The molecule has 1 aromatic rings. The molecule has 0 saturated heterocycles. The Morgan fingerprint density at radius 1 is 1.33 bits per heavy atom. The average Bonchev–Trinajstić information content (AvgIpc) is 2.78. The van der Waals surface area contributed by atoms with Crippen LogP contribution >= 0.6 is 0 Å². The van der Waals surface area contributed by atoms with Crippen LogP contribution in [0, 0.1) is 0 Å². The van der Waals surface area contributed by atoms with E-state index < -0.39 is 0 Å². The molecule has 0 aliphatic carbocycles. The van der Waals surface area contributed by atoms with Gasteiger partial charge in [0, 0.05) is 12.5 Å². The normalized spacial score (nSPS) is 12.7. The predicted molar refractivity (Wildman–Crippen MR) is 75.3 cm³/mol. The fourth-order valence-corrected chi connectivity index (χ4v) is 2.18. The smallest absolute Gasteiger partial charge is 0.160 e. The largest absolute Gasteiger partial charge is 0.493 e. The summed E-state index contributed by atoms with van der Waals surface area (Å²) >= 11 is 0. The molecule has 0 radical (unpaired) electrons. The lowest BCUT2D eigenvalue weighted by atomic mass is 10.0. The molecule has 4 nitrogen and oxygen atoms in total. The Hall–Kier alpha value is -1.03. The zero-order valence-electron chi connectivity index (χ0n) is 12.2. The summed E-state index contributed by atoms with van der Waals surface area (Å²) < 4.78 is 7.50. The minimum absolute atomic E-state index is 0.471. The van der Waals surface area contributed by atoms with E-state index >= 15 is 0 Å². The molecule has 104 valence electrons. The molecule has 18 heavy (non-hydrogen) atoms. The third-order valence-corrected chi connectivity index (χ3v) is 3.15. The molecule has 1 N–H and O–H groups in total. The second-order valence-corrected chi connectivity index (χ2v) is 4.76. The lowest BCUT2D eigenvalue weighted by Gasteiger charge is -2.15. The van der Waals surface area contributed by atoms with E-state index in [1.807, 2.05) is 6.20 Å². The second-order valence-electron chi connectivity index (χ2n) is 4.76. The number of nitrogens with one attached hydrogen (secondary N) is 1. The van der Waals surface area contributed by atoms with Crippen LogP contribution in [-0.2, 0) is 6.54 Å². The molecular weight excluding hydrogens is 226 g/mol. The summed E-state index contributed by atoms with van der Waals surface area (Å²) in [5.74, 6) is 1.39. The van der Waals surface area contributed by atoms with Crippen molar-refractivity contribution in [3.05, 3.63) is 11.9 Å². The van der Waals surface area contributed by atoms with E-state index in [2.05, 4.69) is 35.9 Å². The molecule has 4 heteroatoms. The Labute approximate surface area is 111 Å². The number of nitrogens with zero attached hydrogens (tertiary/aromatic N) is 2. The highest BCUT2D eigenvalue weighted by atomic mass is 16.5. The van der Waals surface area contributed by atoms with Gasteiger partial charge >= 0.3 is 0 Å². The first-order valence-corrected chi connectivity index (χ1v) is 7.04. The van der Waals surface area contributed by atoms with Crippen LogP contribution < -0.4 is 10.1 Å². The minimum Gasteiger partial charge on any atom is -0.493 e. The van der Waals surface area contributed by atoms with Crippen molar-refractivity contribution in [1.82, 2.24) is 15.1 Å². The molecule has 0 fully saturated rings. The van der Waals surface area contributed by atoms with Gasteiger partial charge in [0.05, 0.1) is 19.0 Å². The number of rotatable bonds is 9. The SMILES string of the molecule is CCCNCCC(C)c1c(OC)cnn1CCC. The Balaban J connectivity index is 2.63. The van der Waals surface area contributed by atoms with Gasteiger partial charge in [0.2, 0.25) is 0 Å². The predicted octanol–water partition coefficient (Wildman–Crippen LogP) is 2.79. The van der Waals surface area contributed by atoms with E-state index in [0.29, 0.717) is 5.92 Å². The lowest BCUT2D eigenvalue weighted by Crippen LogP contribution is -2.19. The first kappa shape index (κ1) is 15.0. The van der Waals surface area contributed by atoms with Crippen molar-refractivity contribution in [2.45, 2.75) is 52.5 Å². The van der Waals surface area contributed by atoms with Crippen molar-refractivity contribution in [1.29, 1.82) is 0 Å². The molecule has 0 bridgehead atoms. The summed E-state index contributed by atoms with van der Waals surface area (Å²) in [5.41, 5.74) is 1.23. The highest BCUT2D eigenvalue weighted by molar-refractivity contribution is 5.28. The van der Waals surface area contributed by atoms with Crippen LogP contribution in [0.15, 0.2) is 6.20 Å². The number of methoxy groups -OCH3 is 1. The van der Waals surface area contributed by atoms with Crippen molar-refractivity contribution >= 4 is 0 Å². The van der Waals surface area contributed by atoms with Gasteiger partial charge in [-0.2, -0.15) is 5.10 Å². The minimum atomic E-state index is 0.471. The van der Waals surface area contributed by atoms with Gasteiger partial charge in [0.15, 0.2) is 5.75 Å². The van der Waals surface area contributed by atoms with E-state index in [0.717, 1.165) is 38.2 Å². The lowest BCUT2D eigenvalue weighted by molar-refractivity contribution is 0.399. The summed E-state index contributed by atoms with van der Waals surface area (Å²) in [4.78, 5) is 0. The molecule has 0 saturated carbocycles. The quantitative estimate of drug-likeness (QED) is 0.688. The Bertz CT molecular complexity index is 336. The first-order chi connectivity index (χ1) is 8.74. The zero-order valence-corrected chi connectivity index (χ0v) is 12.2. The molecule has 1 unspecified atom stereocenters. The average molecular weight is 253 g/mol. The van der Waals surface area contributed by atoms with Gasteiger partial charge in [-0.1, -0.05) is 20.8 Å². The maximum atomic E-state index is 5.42. The standard InChI is InChI=1S/C14H27N3O/c1-5-8-15-9-7-12(3)14-13(18-4)11-16-17(14)10-6-2/h11-12,15H,5-10H2,1-4H3. The van der Waals surface area contributed by atoms with Crippen LogP contribution in [0.2, 0.25) is 0 Å². The zero-order chi connectivity index (χ0) is 13.4. The van der Waals surface area contributed by atoms with Crippen LogP contribution in [0.4, 0.5) is 0 Å². The van der Waals surface area contributed by atoms with Crippen LogP contribution in [0.3, 0.4) is 0 Å². The summed E-state index contributed by atoms with van der Waals surface area (Å²) in [6, 6.07) is 0. The maximum Gasteiger partial charge on any atom is 0.160 e. The topological polar surface area (TPSA) is 39.1 Å². The van der Waals surface area contributed by atoms with Gasteiger partial charge < -0.3 is 10.1 Å². The molecule has 0 aliphatic rings. The van der Waals surface area contributed by atoms with Gasteiger partial charge in [-0.15, -0.1) is 0 Å². The van der Waals surface area contributed by atoms with Crippen molar-refractivity contribution in [3.8, 4) is 5.75 Å². The third-order valence-electron chi connectivity index (χ3n) is 3.15. The van der Waals surface area contributed by atoms with Crippen LogP contribution in [-0.4, -0.2) is 30.0 Å². The van der Waals surface area contributed by atoms with Crippen molar-refractivity contribution < 1.29 is 4.74 Å². The van der Waals surface area contributed by atoms with Gasteiger partial charge in [-0.3, -0.25) is 4.68 Å². The number of ether oxygens (including phenoxy) is 1. The summed E-state index contributed by atoms with van der Waals surface area (Å²) in [5, 5.41) is 7.86. The molecule has 0 aliphatic heterocycles. The van der Waals surface area contributed by atoms with E-state index in [-0.39, 0.29) is 0 Å². The van der Waals surface area contributed by atoms with Crippen LogP contribution in [0.5, 0.6) is 5.75 Å². The molecule has 1 rings (SSSR count). The monoisotopic (exact) mass is 253 g/mol. The number of hydrogen-bond acceptors (Lipinski definition) is 3. The van der Waals surface area contributed by atoms with Crippen LogP contribution in [0.25, 0.3) is 0 Å². The number of aromatic nitrogens is 2. The second kappa shape index (κ2) is 8.14. The summed E-state index contributed by atoms with van der Waals surface area (Å²) in [6.07, 6.45) is 5.23. The molecule has 0 amide bonds. The summed E-state index contributed by atoms with van der Waals surface area (Å²) in [7, 11) is 1.72. The Morgan fingerprint density at radius 2 is 2.11 bits per heavy atom. The molecular formula is C14H27N3O. The van der Waals surface area contributed by atoms with E-state index in [1.54, 1.807) is 7.11 Å². The molecule has 1 heterocycles. The van der Waals surface area contributed by atoms with Gasteiger partial charge in [0.25, 0.3) is 0 Å².